The summed E-state index contributed by atoms with van der Waals surface area (Å²) in [5.41, 5.74) is 0.205. The first kappa shape index (κ1) is 23.3. The van der Waals surface area contributed by atoms with E-state index in [4.69, 9.17) is 9.97 Å². The number of likely N-dealkylation sites (N-methyl/N-ethyl adjacent to an activating group) is 1. The number of hydrogen-bond acceptors (Lipinski definition) is 7. The average Bonchev–Trinajstić information content (AvgIpc) is 3.47. The fourth-order valence-corrected chi connectivity index (χ4v) is 7.83. The maximum Gasteiger partial charge on any atom is 0.262 e. The summed E-state index contributed by atoms with van der Waals surface area (Å²) in [4.78, 5) is 15.9. The standard InChI is InChI=1S/C26H34F2N8O/c1-34-12-20(29-14-34)30-22-19-3-4-36(11-18-10-26(27,28)13-35(18)2)23(19)33-24(32-22)31-21-16-5-15-6-17(21)9-25(37,7-15)8-16/h3-4,12,14-18,21,37H,5-11,13H2,1-2H3,(H2,30,31,32,33). The second kappa shape index (κ2) is 8.10. The van der Waals surface area contributed by atoms with Crippen molar-refractivity contribution < 1.29 is 13.9 Å². The van der Waals surface area contributed by atoms with Gasteiger partial charge in [0.2, 0.25) is 5.95 Å². The van der Waals surface area contributed by atoms with Crippen LogP contribution < -0.4 is 10.6 Å². The molecule has 4 saturated carbocycles. The van der Waals surface area contributed by atoms with Crippen molar-refractivity contribution in [3.63, 3.8) is 0 Å². The summed E-state index contributed by atoms with van der Waals surface area (Å²) in [6.45, 7) is 0.210. The lowest BCUT2D eigenvalue weighted by Crippen LogP contribution is -2.59. The van der Waals surface area contributed by atoms with Crippen LogP contribution in [0.5, 0.6) is 0 Å². The number of fused-ring (bicyclic) bond motifs is 1. The molecular formula is C26H34F2N8O. The van der Waals surface area contributed by atoms with Crippen molar-refractivity contribution in [3.8, 4) is 0 Å². The molecule has 4 aliphatic carbocycles. The molecule has 198 valence electrons. The van der Waals surface area contributed by atoms with Gasteiger partial charge in [-0.2, -0.15) is 9.97 Å². The third-order valence-electron chi connectivity index (χ3n) is 9.15. The van der Waals surface area contributed by atoms with Crippen molar-refractivity contribution in [1.82, 2.24) is 29.0 Å². The molecular weight excluding hydrogens is 478 g/mol. The normalized spacial score (nSPS) is 34.5. The van der Waals surface area contributed by atoms with Gasteiger partial charge in [-0.25, -0.2) is 13.8 Å². The highest BCUT2D eigenvalue weighted by Crippen LogP contribution is 2.56. The Morgan fingerprint density at radius 2 is 1.89 bits per heavy atom. The van der Waals surface area contributed by atoms with Gasteiger partial charge in [0, 0.05) is 44.5 Å². The summed E-state index contributed by atoms with van der Waals surface area (Å²) in [5.74, 6) is 0.599. The molecule has 4 heterocycles. The van der Waals surface area contributed by atoms with Gasteiger partial charge in [0.25, 0.3) is 5.92 Å². The van der Waals surface area contributed by atoms with Crippen molar-refractivity contribution in [2.75, 3.05) is 24.2 Å². The SMILES string of the molecule is CN1CC(F)(F)CC1Cn1ccc2c(Nc3cn(C)cn3)nc(NC3C4CC5CC3CC(O)(C5)C4)nc21. The number of aromatic nitrogens is 5. The highest BCUT2D eigenvalue weighted by molar-refractivity contribution is 5.90. The Balaban J connectivity index is 1.23. The van der Waals surface area contributed by atoms with Gasteiger partial charge >= 0.3 is 0 Å². The smallest absolute Gasteiger partial charge is 0.262 e. The number of aryl methyl sites for hydroxylation is 1. The van der Waals surface area contributed by atoms with E-state index in [1.54, 1.807) is 18.3 Å². The number of nitrogens with one attached hydrogen (secondary N) is 2. The van der Waals surface area contributed by atoms with E-state index in [-0.39, 0.29) is 25.0 Å². The van der Waals surface area contributed by atoms with Crippen LogP contribution in [0.3, 0.4) is 0 Å². The number of halogens is 2. The summed E-state index contributed by atoms with van der Waals surface area (Å²) in [6, 6.07) is 1.89. The van der Waals surface area contributed by atoms with E-state index in [9.17, 15) is 13.9 Å². The van der Waals surface area contributed by atoms with E-state index in [1.807, 2.05) is 34.6 Å². The van der Waals surface area contributed by atoms with E-state index >= 15 is 0 Å². The van der Waals surface area contributed by atoms with Crippen LogP contribution >= 0.6 is 0 Å². The molecule has 0 aromatic carbocycles. The van der Waals surface area contributed by atoms with Crippen molar-refractivity contribution in [3.05, 3.63) is 24.8 Å². The quantitative estimate of drug-likeness (QED) is 0.465. The highest BCUT2D eigenvalue weighted by atomic mass is 19.3. The van der Waals surface area contributed by atoms with Crippen LogP contribution in [-0.4, -0.2) is 71.3 Å². The van der Waals surface area contributed by atoms with Crippen LogP contribution in [0.2, 0.25) is 0 Å². The van der Waals surface area contributed by atoms with Gasteiger partial charge in [-0.05, 0) is 63.0 Å². The van der Waals surface area contributed by atoms with Crippen LogP contribution in [0.4, 0.5) is 26.4 Å². The zero-order chi connectivity index (χ0) is 25.5. The van der Waals surface area contributed by atoms with Gasteiger partial charge in [0.05, 0.1) is 23.9 Å². The van der Waals surface area contributed by atoms with Gasteiger partial charge in [-0.15, -0.1) is 0 Å². The Bertz CT molecular complexity index is 1320. The number of hydrogen-bond donors (Lipinski definition) is 3. The Hall–Kier alpha value is -2.79. The number of rotatable bonds is 6. The third-order valence-corrected chi connectivity index (χ3v) is 9.15. The summed E-state index contributed by atoms with van der Waals surface area (Å²) >= 11 is 0. The lowest BCUT2D eigenvalue weighted by molar-refractivity contribution is -0.129. The average molecular weight is 513 g/mol. The maximum absolute atomic E-state index is 14.1. The highest BCUT2D eigenvalue weighted by Gasteiger charge is 2.55. The fraction of sp³-hybridized carbons (Fsp3) is 0.654. The molecule has 0 spiro atoms. The second-order valence-electron chi connectivity index (χ2n) is 12.1. The van der Waals surface area contributed by atoms with E-state index < -0.39 is 11.5 Å². The lowest BCUT2D eigenvalue weighted by Gasteiger charge is -2.58. The molecule has 3 N–H and O–H groups in total. The predicted octanol–water partition coefficient (Wildman–Crippen LogP) is 3.60. The molecule has 8 rings (SSSR count). The van der Waals surface area contributed by atoms with Gasteiger partial charge in [0.15, 0.2) is 0 Å². The van der Waals surface area contributed by atoms with Gasteiger partial charge in [-0.3, -0.25) is 4.90 Å². The number of aliphatic hydroxyl groups is 1. The number of imidazole rings is 1. The Morgan fingerprint density at radius 1 is 1.11 bits per heavy atom. The maximum atomic E-state index is 14.1. The summed E-state index contributed by atoms with van der Waals surface area (Å²) in [5, 5.41) is 18.8. The lowest BCUT2D eigenvalue weighted by atomic mass is 9.52. The molecule has 4 bridgehead atoms. The molecule has 0 amide bonds. The molecule has 9 nitrogen and oxygen atoms in total. The summed E-state index contributed by atoms with van der Waals surface area (Å²) in [7, 11) is 3.67. The molecule has 5 aliphatic rings. The van der Waals surface area contributed by atoms with Crippen molar-refractivity contribution in [1.29, 1.82) is 0 Å². The Morgan fingerprint density at radius 3 is 2.54 bits per heavy atom. The molecule has 1 saturated heterocycles. The molecule has 3 atom stereocenters. The zero-order valence-electron chi connectivity index (χ0n) is 21.2. The first-order valence-corrected chi connectivity index (χ1v) is 13.3. The zero-order valence-corrected chi connectivity index (χ0v) is 21.2. The van der Waals surface area contributed by atoms with Crippen LogP contribution in [0.1, 0.15) is 38.5 Å². The van der Waals surface area contributed by atoms with E-state index in [0.29, 0.717) is 47.5 Å². The first-order valence-electron chi connectivity index (χ1n) is 13.3. The molecule has 3 aromatic heterocycles. The van der Waals surface area contributed by atoms with Crippen LogP contribution in [0.25, 0.3) is 11.0 Å². The van der Waals surface area contributed by atoms with E-state index in [2.05, 4.69) is 15.6 Å². The summed E-state index contributed by atoms with van der Waals surface area (Å²) in [6.07, 6.45) is 10.2. The predicted molar refractivity (Wildman–Crippen MR) is 136 cm³/mol. The van der Waals surface area contributed by atoms with Gasteiger partial charge < -0.3 is 24.9 Å². The Labute approximate surface area is 214 Å². The third kappa shape index (κ3) is 4.16. The van der Waals surface area contributed by atoms with Crippen LogP contribution in [-0.2, 0) is 13.6 Å². The van der Waals surface area contributed by atoms with Gasteiger partial charge in [0.1, 0.15) is 17.3 Å². The number of alkyl halides is 2. The van der Waals surface area contributed by atoms with Gasteiger partial charge in [-0.1, -0.05) is 0 Å². The minimum Gasteiger partial charge on any atom is -0.390 e. The first-order chi connectivity index (χ1) is 17.6. The number of likely N-dealkylation sites (tertiary alicyclic amines) is 1. The minimum absolute atomic E-state index is 0.159. The molecule has 37 heavy (non-hydrogen) atoms. The Kier molecular flexibility index (Phi) is 5.11. The second-order valence-corrected chi connectivity index (χ2v) is 12.1. The van der Waals surface area contributed by atoms with E-state index in [1.165, 1.54) is 0 Å². The monoisotopic (exact) mass is 512 g/mol. The summed E-state index contributed by atoms with van der Waals surface area (Å²) < 4.78 is 32.0. The largest absolute Gasteiger partial charge is 0.390 e. The van der Waals surface area contributed by atoms with E-state index in [0.717, 1.165) is 37.5 Å². The van der Waals surface area contributed by atoms with Crippen molar-refractivity contribution in [2.24, 2.45) is 24.8 Å². The minimum atomic E-state index is -2.67. The molecule has 11 heteroatoms. The van der Waals surface area contributed by atoms with Crippen LogP contribution in [0, 0.1) is 17.8 Å². The number of nitrogens with zero attached hydrogens (tertiary/aromatic N) is 6. The molecule has 1 aliphatic heterocycles. The fourth-order valence-electron chi connectivity index (χ4n) is 7.83. The molecule has 5 fully saturated rings. The number of anilines is 3. The van der Waals surface area contributed by atoms with Crippen LogP contribution in [0.15, 0.2) is 24.8 Å². The molecule has 3 aromatic rings. The topological polar surface area (TPSA) is 96.1 Å². The van der Waals surface area contributed by atoms with Crippen molar-refractivity contribution in [2.45, 2.75) is 68.7 Å². The molecule has 3 unspecified atom stereocenters. The molecule has 0 radical (unpaired) electrons. The van der Waals surface area contributed by atoms with Crippen molar-refractivity contribution >= 4 is 28.6 Å².